The molecule has 2 aromatic rings. The summed E-state index contributed by atoms with van der Waals surface area (Å²) in [4.78, 5) is 10.4. The SMILES string of the molecule is COCOc1cc(C)cc(C)c1-n1cc(Br)c([N+](=O)[O-])n1. The molecular formula is C13H14BrN3O4. The standard InChI is InChI=1S/C13H14BrN3O4/c1-8-4-9(2)12(11(5-8)21-7-20-3)16-6-10(14)13(15-16)17(18)19/h4-6H,7H2,1-3H3. The van der Waals surface area contributed by atoms with Crippen LogP contribution in [0.1, 0.15) is 11.1 Å². The molecule has 8 heteroatoms. The number of aryl methyl sites for hydroxylation is 2. The Morgan fingerprint density at radius 2 is 2.14 bits per heavy atom. The third kappa shape index (κ3) is 3.22. The first kappa shape index (κ1) is 15.5. The quantitative estimate of drug-likeness (QED) is 0.467. The summed E-state index contributed by atoms with van der Waals surface area (Å²) in [6.45, 7) is 3.92. The van der Waals surface area contributed by atoms with Crippen LogP contribution in [0.2, 0.25) is 0 Å². The summed E-state index contributed by atoms with van der Waals surface area (Å²) >= 11 is 3.14. The molecule has 0 radical (unpaired) electrons. The lowest BCUT2D eigenvalue weighted by Crippen LogP contribution is -2.06. The summed E-state index contributed by atoms with van der Waals surface area (Å²) < 4.78 is 12.2. The van der Waals surface area contributed by atoms with Crippen molar-refractivity contribution in [3.63, 3.8) is 0 Å². The zero-order valence-electron chi connectivity index (χ0n) is 11.8. The van der Waals surface area contributed by atoms with Crippen molar-refractivity contribution in [3.8, 4) is 11.4 Å². The molecule has 1 aromatic heterocycles. The van der Waals surface area contributed by atoms with Crippen LogP contribution in [-0.2, 0) is 4.74 Å². The van der Waals surface area contributed by atoms with E-state index >= 15 is 0 Å². The van der Waals surface area contributed by atoms with Crippen molar-refractivity contribution in [3.05, 3.63) is 44.0 Å². The van der Waals surface area contributed by atoms with E-state index in [0.29, 0.717) is 15.9 Å². The summed E-state index contributed by atoms with van der Waals surface area (Å²) in [5.74, 6) is 0.312. The topological polar surface area (TPSA) is 79.4 Å². The summed E-state index contributed by atoms with van der Waals surface area (Å²) in [5, 5.41) is 14.9. The molecule has 0 aliphatic carbocycles. The molecule has 0 unspecified atom stereocenters. The van der Waals surface area contributed by atoms with Gasteiger partial charge in [-0.05, 0) is 51.9 Å². The van der Waals surface area contributed by atoms with Crippen molar-refractivity contribution < 1.29 is 14.4 Å². The van der Waals surface area contributed by atoms with Crippen LogP contribution in [0.5, 0.6) is 5.75 Å². The number of hydrogen-bond donors (Lipinski definition) is 0. The molecule has 0 N–H and O–H groups in total. The van der Waals surface area contributed by atoms with Crippen LogP contribution in [0.3, 0.4) is 0 Å². The fourth-order valence-electron chi connectivity index (χ4n) is 2.03. The van der Waals surface area contributed by atoms with Crippen LogP contribution in [0.4, 0.5) is 5.82 Å². The van der Waals surface area contributed by atoms with E-state index in [4.69, 9.17) is 9.47 Å². The van der Waals surface area contributed by atoms with Crippen molar-refractivity contribution >= 4 is 21.7 Å². The van der Waals surface area contributed by atoms with Gasteiger partial charge in [0.1, 0.15) is 10.2 Å². The highest BCUT2D eigenvalue weighted by Crippen LogP contribution is 2.31. The lowest BCUT2D eigenvalue weighted by molar-refractivity contribution is -0.390. The van der Waals surface area contributed by atoms with E-state index in [1.807, 2.05) is 26.0 Å². The number of halogens is 1. The second kappa shape index (κ2) is 6.23. The van der Waals surface area contributed by atoms with E-state index in [1.54, 1.807) is 0 Å². The lowest BCUT2D eigenvalue weighted by atomic mass is 10.1. The van der Waals surface area contributed by atoms with Gasteiger partial charge < -0.3 is 19.6 Å². The van der Waals surface area contributed by atoms with Gasteiger partial charge in [0.25, 0.3) is 0 Å². The van der Waals surface area contributed by atoms with Crippen molar-refractivity contribution in [2.75, 3.05) is 13.9 Å². The lowest BCUT2D eigenvalue weighted by Gasteiger charge is -2.12. The number of benzene rings is 1. The van der Waals surface area contributed by atoms with Gasteiger partial charge in [-0.25, -0.2) is 0 Å². The number of ether oxygens (including phenoxy) is 2. The second-order valence-electron chi connectivity index (χ2n) is 4.48. The van der Waals surface area contributed by atoms with Crippen molar-refractivity contribution in [1.29, 1.82) is 0 Å². The fourth-order valence-corrected chi connectivity index (χ4v) is 2.45. The summed E-state index contributed by atoms with van der Waals surface area (Å²) in [6, 6.07) is 3.79. The maximum absolute atomic E-state index is 10.9. The normalized spacial score (nSPS) is 10.7. The molecule has 1 heterocycles. The van der Waals surface area contributed by atoms with Crippen molar-refractivity contribution in [2.45, 2.75) is 13.8 Å². The van der Waals surface area contributed by atoms with Gasteiger partial charge in [-0.2, -0.15) is 0 Å². The van der Waals surface area contributed by atoms with Gasteiger partial charge in [0, 0.05) is 7.11 Å². The van der Waals surface area contributed by atoms with Crippen LogP contribution in [0.15, 0.2) is 22.8 Å². The average Bonchev–Trinajstić information content (AvgIpc) is 2.77. The Morgan fingerprint density at radius 3 is 2.71 bits per heavy atom. The maximum atomic E-state index is 10.9. The first-order chi connectivity index (χ1) is 9.93. The van der Waals surface area contributed by atoms with Crippen molar-refractivity contribution in [1.82, 2.24) is 9.78 Å². The van der Waals surface area contributed by atoms with E-state index in [9.17, 15) is 10.1 Å². The monoisotopic (exact) mass is 355 g/mol. The molecule has 0 aliphatic heterocycles. The predicted octanol–water partition coefficient (Wildman–Crippen LogP) is 3.14. The molecule has 0 spiro atoms. The molecule has 21 heavy (non-hydrogen) atoms. The molecule has 0 amide bonds. The van der Waals surface area contributed by atoms with E-state index in [-0.39, 0.29) is 12.6 Å². The number of nitro groups is 1. The first-order valence-corrected chi connectivity index (χ1v) is 6.86. The van der Waals surface area contributed by atoms with Gasteiger partial charge in [-0.1, -0.05) is 6.07 Å². The maximum Gasteiger partial charge on any atom is 0.404 e. The molecular weight excluding hydrogens is 342 g/mol. The van der Waals surface area contributed by atoms with Gasteiger partial charge in [-0.15, -0.1) is 4.68 Å². The Morgan fingerprint density at radius 1 is 1.43 bits per heavy atom. The van der Waals surface area contributed by atoms with E-state index in [1.165, 1.54) is 18.0 Å². The molecule has 1 aromatic carbocycles. The Labute approximate surface area is 129 Å². The van der Waals surface area contributed by atoms with E-state index in [0.717, 1.165) is 11.1 Å². The molecule has 112 valence electrons. The number of aromatic nitrogens is 2. The minimum Gasteiger partial charge on any atom is -0.465 e. The predicted molar refractivity (Wildman–Crippen MR) is 79.9 cm³/mol. The Hall–Kier alpha value is -1.93. The molecule has 0 aliphatic rings. The molecule has 0 bridgehead atoms. The third-order valence-corrected chi connectivity index (χ3v) is 3.36. The van der Waals surface area contributed by atoms with E-state index < -0.39 is 4.92 Å². The summed E-state index contributed by atoms with van der Waals surface area (Å²) in [7, 11) is 1.53. The third-order valence-electron chi connectivity index (χ3n) is 2.80. The van der Waals surface area contributed by atoms with Gasteiger partial charge in [0.05, 0.1) is 11.3 Å². The van der Waals surface area contributed by atoms with Gasteiger partial charge in [0.15, 0.2) is 12.5 Å². The highest BCUT2D eigenvalue weighted by atomic mass is 79.9. The second-order valence-corrected chi connectivity index (χ2v) is 5.34. The minimum absolute atomic E-state index is 0.0838. The minimum atomic E-state index is -0.542. The largest absolute Gasteiger partial charge is 0.465 e. The Kier molecular flexibility index (Phi) is 4.59. The zero-order chi connectivity index (χ0) is 15.6. The molecule has 0 fully saturated rings. The molecule has 0 atom stereocenters. The Bertz CT molecular complexity index is 684. The zero-order valence-corrected chi connectivity index (χ0v) is 13.4. The highest BCUT2D eigenvalue weighted by Gasteiger charge is 2.22. The van der Waals surface area contributed by atoms with Gasteiger partial charge in [-0.3, -0.25) is 0 Å². The molecule has 2 rings (SSSR count). The van der Waals surface area contributed by atoms with E-state index in [2.05, 4.69) is 21.0 Å². The van der Waals surface area contributed by atoms with Crippen LogP contribution in [-0.4, -0.2) is 28.6 Å². The van der Waals surface area contributed by atoms with Gasteiger partial charge >= 0.3 is 5.82 Å². The molecule has 0 saturated heterocycles. The van der Waals surface area contributed by atoms with Crippen LogP contribution >= 0.6 is 15.9 Å². The number of rotatable bonds is 5. The van der Waals surface area contributed by atoms with Crippen LogP contribution in [0, 0.1) is 24.0 Å². The van der Waals surface area contributed by atoms with Gasteiger partial charge in [0.2, 0.25) is 0 Å². The smallest absolute Gasteiger partial charge is 0.404 e. The number of nitrogens with zero attached hydrogens (tertiary/aromatic N) is 3. The number of hydrogen-bond acceptors (Lipinski definition) is 5. The number of methoxy groups -OCH3 is 1. The average molecular weight is 356 g/mol. The fraction of sp³-hybridized carbons (Fsp3) is 0.308. The van der Waals surface area contributed by atoms with Crippen molar-refractivity contribution in [2.24, 2.45) is 0 Å². The molecule has 7 nitrogen and oxygen atoms in total. The Balaban J connectivity index is 2.56. The molecule has 0 saturated carbocycles. The highest BCUT2D eigenvalue weighted by molar-refractivity contribution is 9.10. The van der Waals surface area contributed by atoms with Crippen LogP contribution in [0.25, 0.3) is 5.69 Å². The van der Waals surface area contributed by atoms with Crippen LogP contribution < -0.4 is 4.74 Å². The summed E-state index contributed by atoms with van der Waals surface area (Å²) in [5.41, 5.74) is 2.56. The first-order valence-electron chi connectivity index (χ1n) is 6.07. The summed E-state index contributed by atoms with van der Waals surface area (Å²) in [6.07, 6.45) is 1.54.